The first-order chi connectivity index (χ1) is 17.6. The Morgan fingerprint density at radius 3 is 2.05 bits per heavy atom. The van der Waals surface area contributed by atoms with Crippen molar-refractivity contribution < 1.29 is 31.5 Å². The van der Waals surface area contributed by atoms with Gasteiger partial charge in [0.2, 0.25) is 5.82 Å². The van der Waals surface area contributed by atoms with Gasteiger partial charge in [0, 0.05) is 36.9 Å². The number of hydrogen-bond donors (Lipinski definition) is 1. The highest BCUT2D eigenvalue weighted by Gasteiger charge is 2.31. The third-order valence-electron chi connectivity index (χ3n) is 5.85. The standard InChI is InChI=1S/C25H20Cl2F5N3O2/c1-13-10-14(26)2-5-18(13)37-12-19(36)33-15-3-4-17(16(27)11-15)34-6-8-35(9-7-34)25-23(31)21(29)20(28)22(30)24(25)32/h2-5,10-11H,6-9,12H2,1H3,(H,33,36). The lowest BCUT2D eigenvalue weighted by Gasteiger charge is -2.38. The molecule has 37 heavy (non-hydrogen) atoms. The van der Waals surface area contributed by atoms with Crippen molar-refractivity contribution in [2.75, 3.05) is 47.9 Å². The van der Waals surface area contributed by atoms with Crippen LogP contribution in [-0.2, 0) is 4.79 Å². The minimum Gasteiger partial charge on any atom is -0.483 e. The molecule has 1 N–H and O–H groups in total. The molecule has 0 unspecified atom stereocenters. The Bertz CT molecular complexity index is 1320. The second-order valence-corrected chi connectivity index (χ2v) is 9.15. The third kappa shape index (κ3) is 5.70. The van der Waals surface area contributed by atoms with Crippen LogP contribution in [0.25, 0.3) is 0 Å². The maximum atomic E-state index is 14.2. The maximum absolute atomic E-state index is 14.2. The average molecular weight is 560 g/mol. The molecule has 1 saturated heterocycles. The van der Waals surface area contributed by atoms with E-state index in [1.54, 1.807) is 43.3 Å². The molecule has 1 aliphatic rings. The summed E-state index contributed by atoms with van der Waals surface area (Å²) in [5, 5.41) is 3.55. The van der Waals surface area contributed by atoms with Gasteiger partial charge in [0.05, 0.1) is 10.7 Å². The summed E-state index contributed by atoms with van der Waals surface area (Å²) in [6, 6.07) is 9.87. The topological polar surface area (TPSA) is 44.8 Å². The summed E-state index contributed by atoms with van der Waals surface area (Å²) in [7, 11) is 0. The molecule has 0 saturated carbocycles. The van der Waals surface area contributed by atoms with Gasteiger partial charge < -0.3 is 19.9 Å². The molecule has 3 aromatic carbocycles. The number of hydrogen-bond acceptors (Lipinski definition) is 4. The van der Waals surface area contributed by atoms with Crippen LogP contribution in [0, 0.1) is 36.0 Å². The second-order valence-electron chi connectivity index (χ2n) is 8.31. The number of nitrogens with one attached hydrogen (secondary N) is 1. The number of amides is 1. The Labute approximate surface area is 219 Å². The number of carbonyl (C=O) groups is 1. The van der Waals surface area contributed by atoms with Crippen LogP contribution in [0.1, 0.15) is 5.56 Å². The molecule has 196 valence electrons. The lowest BCUT2D eigenvalue weighted by molar-refractivity contribution is -0.118. The van der Waals surface area contributed by atoms with E-state index in [0.29, 0.717) is 27.2 Å². The SMILES string of the molecule is Cc1cc(Cl)ccc1OCC(=O)Nc1ccc(N2CCN(c3c(F)c(F)c(F)c(F)c3F)CC2)c(Cl)c1. The third-order valence-corrected chi connectivity index (χ3v) is 6.39. The van der Waals surface area contributed by atoms with E-state index in [1.807, 2.05) is 4.90 Å². The number of anilines is 3. The number of carbonyl (C=O) groups excluding carboxylic acids is 1. The molecule has 1 heterocycles. The summed E-state index contributed by atoms with van der Waals surface area (Å²) in [6.07, 6.45) is 0. The molecule has 1 fully saturated rings. The van der Waals surface area contributed by atoms with Crippen molar-refractivity contribution in [1.82, 2.24) is 0 Å². The average Bonchev–Trinajstić information content (AvgIpc) is 2.86. The van der Waals surface area contributed by atoms with E-state index in [2.05, 4.69) is 5.32 Å². The Kier molecular flexibility index (Phi) is 7.99. The van der Waals surface area contributed by atoms with Gasteiger partial charge in [0.15, 0.2) is 29.9 Å². The van der Waals surface area contributed by atoms with E-state index in [1.165, 1.54) is 0 Å². The predicted molar refractivity (Wildman–Crippen MR) is 132 cm³/mol. The normalized spacial score (nSPS) is 13.6. The zero-order valence-electron chi connectivity index (χ0n) is 19.4. The number of piperazine rings is 1. The monoisotopic (exact) mass is 559 g/mol. The number of aryl methyl sites for hydroxylation is 1. The van der Waals surface area contributed by atoms with Gasteiger partial charge >= 0.3 is 0 Å². The van der Waals surface area contributed by atoms with Gasteiger partial charge in [-0.3, -0.25) is 4.79 Å². The maximum Gasteiger partial charge on any atom is 0.262 e. The summed E-state index contributed by atoms with van der Waals surface area (Å²) in [6.45, 7) is 1.98. The zero-order chi connectivity index (χ0) is 26.9. The molecule has 0 aromatic heterocycles. The van der Waals surface area contributed by atoms with Crippen molar-refractivity contribution in [1.29, 1.82) is 0 Å². The molecule has 0 atom stereocenters. The highest BCUT2D eigenvalue weighted by molar-refractivity contribution is 6.33. The number of ether oxygens (including phenoxy) is 1. The number of benzene rings is 3. The van der Waals surface area contributed by atoms with Crippen LogP contribution in [0.4, 0.5) is 39.0 Å². The van der Waals surface area contributed by atoms with E-state index >= 15 is 0 Å². The van der Waals surface area contributed by atoms with E-state index in [4.69, 9.17) is 27.9 Å². The minimum absolute atomic E-state index is 0.00534. The second kappa shape index (κ2) is 11.0. The van der Waals surface area contributed by atoms with Gasteiger partial charge in [-0.15, -0.1) is 0 Å². The molecule has 0 spiro atoms. The Morgan fingerprint density at radius 1 is 0.865 bits per heavy atom. The fraction of sp³-hybridized carbons (Fsp3) is 0.240. The quantitative estimate of drug-likeness (QED) is 0.217. The first-order valence-corrected chi connectivity index (χ1v) is 11.8. The van der Waals surface area contributed by atoms with Crippen molar-refractivity contribution in [2.45, 2.75) is 6.92 Å². The Hall–Kier alpha value is -3.24. The summed E-state index contributed by atoms with van der Waals surface area (Å²) in [5.74, 6) is -9.76. The smallest absolute Gasteiger partial charge is 0.262 e. The molecule has 3 aromatic rings. The van der Waals surface area contributed by atoms with Crippen LogP contribution in [0.2, 0.25) is 10.0 Å². The van der Waals surface area contributed by atoms with Crippen LogP contribution in [0.3, 0.4) is 0 Å². The molecule has 0 bridgehead atoms. The first kappa shape index (κ1) is 26.8. The molecular formula is C25H20Cl2F5N3O2. The molecule has 12 heteroatoms. The Morgan fingerprint density at radius 2 is 1.46 bits per heavy atom. The van der Waals surface area contributed by atoms with Gasteiger partial charge in [-0.2, -0.15) is 0 Å². The van der Waals surface area contributed by atoms with Gasteiger partial charge in [0.25, 0.3) is 5.91 Å². The molecule has 4 rings (SSSR count). The van der Waals surface area contributed by atoms with Gasteiger partial charge in [0.1, 0.15) is 11.4 Å². The summed E-state index contributed by atoms with van der Waals surface area (Å²) >= 11 is 12.3. The fourth-order valence-corrected chi connectivity index (χ4v) is 4.52. The molecule has 1 aliphatic heterocycles. The van der Waals surface area contributed by atoms with Crippen LogP contribution in [0.5, 0.6) is 5.75 Å². The van der Waals surface area contributed by atoms with E-state index < -0.39 is 40.7 Å². The van der Waals surface area contributed by atoms with Crippen molar-refractivity contribution in [2.24, 2.45) is 0 Å². The van der Waals surface area contributed by atoms with E-state index in [0.717, 1.165) is 10.5 Å². The van der Waals surface area contributed by atoms with E-state index in [-0.39, 0.29) is 32.8 Å². The van der Waals surface area contributed by atoms with E-state index in [9.17, 15) is 26.7 Å². The van der Waals surface area contributed by atoms with Crippen molar-refractivity contribution in [3.8, 4) is 5.75 Å². The van der Waals surface area contributed by atoms with Crippen LogP contribution in [0.15, 0.2) is 36.4 Å². The highest BCUT2D eigenvalue weighted by atomic mass is 35.5. The van der Waals surface area contributed by atoms with Crippen LogP contribution < -0.4 is 19.9 Å². The van der Waals surface area contributed by atoms with Crippen molar-refractivity contribution >= 4 is 46.2 Å². The van der Waals surface area contributed by atoms with Crippen molar-refractivity contribution in [3.63, 3.8) is 0 Å². The molecule has 0 radical (unpaired) electrons. The van der Waals surface area contributed by atoms with Crippen LogP contribution in [-0.4, -0.2) is 38.7 Å². The predicted octanol–water partition coefficient (Wildman–Crippen LogP) is 6.34. The molecule has 5 nitrogen and oxygen atoms in total. The van der Waals surface area contributed by atoms with Crippen molar-refractivity contribution in [3.05, 3.63) is 81.1 Å². The number of rotatable bonds is 6. The summed E-state index contributed by atoms with van der Waals surface area (Å²) in [4.78, 5) is 15.2. The number of nitrogens with zero attached hydrogens (tertiary/aromatic N) is 2. The summed E-state index contributed by atoms with van der Waals surface area (Å²) in [5.41, 5.74) is 0.851. The molecule has 0 aliphatic carbocycles. The summed E-state index contributed by atoms with van der Waals surface area (Å²) < 4.78 is 74.4. The van der Waals surface area contributed by atoms with Gasteiger partial charge in [-0.25, -0.2) is 22.0 Å². The largest absolute Gasteiger partial charge is 0.483 e. The molecule has 1 amide bonds. The lowest BCUT2D eigenvalue weighted by Crippen LogP contribution is -2.47. The highest BCUT2D eigenvalue weighted by Crippen LogP contribution is 2.33. The zero-order valence-corrected chi connectivity index (χ0v) is 20.9. The molecular weight excluding hydrogens is 540 g/mol. The minimum atomic E-state index is -2.19. The lowest BCUT2D eigenvalue weighted by atomic mass is 10.2. The Balaban J connectivity index is 1.37. The van der Waals surface area contributed by atoms with Crippen LogP contribution >= 0.6 is 23.2 Å². The van der Waals surface area contributed by atoms with Gasteiger partial charge in [-0.05, 0) is 48.9 Å². The van der Waals surface area contributed by atoms with Gasteiger partial charge in [-0.1, -0.05) is 23.2 Å². The number of halogens is 7. The first-order valence-electron chi connectivity index (χ1n) is 11.1. The fourth-order valence-electron chi connectivity index (χ4n) is 4.00.